The van der Waals surface area contributed by atoms with E-state index in [4.69, 9.17) is 5.11 Å². The Balaban J connectivity index is 2.53. The molecule has 0 aliphatic heterocycles. The molecule has 0 unspecified atom stereocenters. The van der Waals surface area contributed by atoms with Gasteiger partial charge in [0.2, 0.25) is 0 Å². The summed E-state index contributed by atoms with van der Waals surface area (Å²) in [7, 11) is 0. The van der Waals surface area contributed by atoms with E-state index in [1.165, 1.54) is 0 Å². The number of aliphatic hydroxyl groups excluding tert-OH is 2. The van der Waals surface area contributed by atoms with Gasteiger partial charge in [-0.1, -0.05) is 0 Å². The van der Waals surface area contributed by atoms with Gasteiger partial charge in [0, 0.05) is 12.5 Å². The van der Waals surface area contributed by atoms with Gasteiger partial charge in [0.1, 0.15) is 0 Å². The number of aliphatic hydroxyl groups is 3. The van der Waals surface area contributed by atoms with Crippen molar-refractivity contribution in [3.05, 3.63) is 0 Å². The van der Waals surface area contributed by atoms with Crippen molar-refractivity contribution in [2.24, 2.45) is 11.8 Å². The van der Waals surface area contributed by atoms with E-state index in [0.29, 0.717) is 6.42 Å². The molecule has 3 N–H and O–H groups in total. The van der Waals surface area contributed by atoms with Gasteiger partial charge in [0.25, 0.3) is 0 Å². The number of rotatable bonds is 2. The molecule has 0 spiro atoms. The third kappa shape index (κ3) is 2.66. The first-order valence-electron chi connectivity index (χ1n) is 4.96. The van der Waals surface area contributed by atoms with Gasteiger partial charge in [-0.05, 0) is 39.0 Å². The lowest BCUT2D eigenvalue weighted by Gasteiger charge is -2.39. The minimum Gasteiger partial charge on any atom is -0.396 e. The van der Waals surface area contributed by atoms with E-state index in [1.807, 2.05) is 0 Å². The van der Waals surface area contributed by atoms with Gasteiger partial charge >= 0.3 is 0 Å². The quantitative estimate of drug-likeness (QED) is 0.592. The van der Waals surface area contributed by atoms with Gasteiger partial charge < -0.3 is 15.3 Å². The fraction of sp³-hybridized carbons (Fsp3) is 1.00. The zero-order valence-corrected chi connectivity index (χ0v) is 8.40. The van der Waals surface area contributed by atoms with Crippen LogP contribution >= 0.6 is 0 Å². The third-order valence-electron chi connectivity index (χ3n) is 3.09. The zero-order chi connectivity index (χ0) is 10.1. The highest BCUT2D eigenvalue weighted by Crippen LogP contribution is 2.35. The monoisotopic (exact) mass is 188 g/mol. The molecule has 13 heavy (non-hydrogen) atoms. The van der Waals surface area contributed by atoms with Crippen molar-refractivity contribution >= 4 is 0 Å². The van der Waals surface area contributed by atoms with E-state index in [2.05, 4.69) is 0 Å². The molecule has 1 saturated carbocycles. The molecular formula is C10H20O3. The summed E-state index contributed by atoms with van der Waals surface area (Å²) in [6, 6.07) is 0. The van der Waals surface area contributed by atoms with Crippen LogP contribution < -0.4 is 0 Å². The molecule has 0 radical (unpaired) electrons. The van der Waals surface area contributed by atoms with Crippen LogP contribution in [-0.2, 0) is 0 Å². The van der Waals surface area contributed by atoms with Gasteiger partial charge in [-0.15, -0.1) is 0 Å². The Kier molecular flexibility index (Phi) is 3.33. The summed E-state index contributed by atoms with van der Waals surface area (Å²) in [4.78, 5) is 0. The van der Waals surface area contributed by atoms with Crippen LogP contribution in [-0.4, -0.2) is 33.6 Å². The second-order valence-electron chi connectivity index (χ2n) is 4.69. The molecular weight excluding hydrogens is 168 g/mol. The van der Waals surface area contributed by atoms with Gasteiger partial charge in [0.05, 0.1) is 11.7 Å². The lowest BCUT2D eigenvalue weighted by atomic mass is 9.73. The van der Waals surface area contributed by atoms with Gasteiger partial charge in [-0.3, -0.25) is 0 Å². The molecule has 1 fully saturated rings. The lowest BCUT2D eigenvalue weighted by Crippen LogP contribution is -2.43. The van der Waals surface area contributed by atoms with Crippen LogP contribution in [0.25, 0.3) is 0 Å². The summed E-state index contributed by atoms with van der Waals surface area (Å²) in [5, 5.41) is 28.4. The normalized spacial score (nSPS) is 36.2. The highest BCUT2D eigenvalue weighted by molar-refractivity contribution is 4.88. The molecule has 0 aromatic carbocycles. The van der Waals surface area contributed by atoms with E-state index >= 15 is 0 Å². The first kappa shape index (κ1) is 11.0. The molecule has 0 bridgehead atoms. The fourth-order valence-corrected chi connectivity index (χ4v) is 2.22. The first-order chi connectivity index (χ1) is 5.95. The van der Waals surface area contributed by atoms with Crippen LogP contribution in [0.15, 0.2) is 0 Å². The lowest BCUT2D eigenvalue weighted by molar-refractivity contribution is -0.0788. The molecule has 1 rings (SSSR count). The summed E-state index contributed by atoms with van der Waals surface area (Å²) in [5.74, 6) is 0.170. The van der Waals surface area contributed by atoms with Crippen LogP contribution in [0.3, 0.4) is 0 Å². The zero-order valence-electron chi connectivity index (χ0n) is 8.40. The highest BCUT2D eigenvalue weighted by Gasteiger charge is 2.37. The predicted molar refractivity (Wildman–Crippen MR) is 50.2 cm³/mol. The van der Waals surface area contributed by atoms with Crippen LogP contribution in [0.5, 0.6) is 0 Å². The van der Waals surface area contributed by atoms with Crippen LogP contribution in [0.4, 0.5) is 0 Å². The van der Waals surface area contributed by atoms with E-state index in [1.54, 1.807) is 13.8 Å². The highest BCUT2D eigenvalue weighted by atomic mass is 16.3. The Morgan fingerprint density at radius 1 is 1.31 bits per heavy atom. The topological polar surface area (TPSA) is 60.7 Å². The second kappa shape index (κ2) is 3.95. The van der Waals surface area contributed by atoms with Gasteiger partial charge in [-0.2, -0.15) is 0 Å². The summed E-state index contributed by atoms with van der Waals surface area (Å²) < 4.78 is 0. The minimum absolute atomic E-state index is 0.0460. The van der Waals surface area contributed by atoms with Gasteiger partial charge in [0.15, 0.2) is 0 Å². The molecule has 3 nitrogen and oxygen atoms in total. The fourth-order valence-electron chi connectivity index (χ4n) is 2.22. The molecule has 0 amide bonds. The van der Waals surface area contributed by atoms with Crippen molar-refractivity contribution in [2.45, 2.75) is 44.8 Å². The molecule has 3 atom stereocenters. The maximum Gasteiger partial charge on any atom is 0.0644 e. The summed E-state index contributed by atoms with van der Waals surface area (Å²) >= 11 is 0. The van der Waals surface area contributed by atoms with E-state index in [9.17, 15) is 10.2 Å². The Hall–Kier alpha value is -0.120. The second-order valence-corrected chi connectivity index (χ2v) is 4.69. The molecule has 1 aliphatic carbocycles. The number of hydrogen-bond acceptors (Lipinski definition) is 3. The summed E-state index contributed by atoms with van der Waals surface area (Å²) in [5.41, 5.74) is -0.806. The van der Waals surface area contributed by atoms with E-state index < -0.39 is 11.7 Å². The molecule has 78 valence electrons. The Morgan fingerprint density at radius 2 is 1.92 bits per heavy atom. The molecule has 0 aromatic heterocycles. The maximum absolute atomic E-state index is 9.75. The molecule has 1 aliphatic rings. The van der Waals surface area contributed by atoms with E-state index in [0.717, 1.165) is 12.8 Å². The molecule has 0 aromatic rings. The van der Waals surface area contributed by atoms with Gasteiger partial charge in [-0.25, -0.2) is 0 Å². The Morgan fingerprint density at radius 3 is 2.31 bits per heavy atom. The maximum atomic E-state index is 9.75. The Bertz CT molecular complexity index is 162. The minimum atomic E-state index is -0.806. The smallest absolute Gasteiger partial charge is 0.0644 e. The average molecular weight is 188 g/mol. The summed E-state index contributed by atoms with van der Waals surface area (Å²) in [6.45, 7) is 3.62. The molecule has 0 heterocycles. The largest absolute Gasteiger partial charge is 0.396 e. The van der Waals surface area contributed by atoms with Crippen molar-refractivity contribution in [3.8, 4) is 0 Å². The van der Waals surface area contributed by atoms with E-state index in [-0.39, 0.29) is 18.4 Å². The average Bonchev–Trinajstić information content (AvgIpc) is 2.01. The molecule has 0 saturated heterocycles. The van der Waals surface area contributed by atoms with Crippen LogP contribution in [0.1, 0.15) is 33.1 Å². The van der Waals surface area contributed by atoms with Crippen molar-refractivity contribution in [1.29, 1.82) is 0 Å². The Labute approximate surface area is 79.4 Å². The summed E-state index contributed by atoms with van der Waals surface area (Å²) in [6.07, 6.45) is 1.86. The van der Waals surface area contributed by atoms with Crippen molar-refractivity contribution < 1.29 is 15.3 Å². The predicted octanol–water partition coefficient (Wildman–Crippen LogP) is 0.527. The third-order valence-corrected chi connectivity index (χ3v) is 3.09. The molecule has 3 heteroatoms. The SMILES string of the molecule is CC(C)(O)[C@H]1CC[C@H](CO)C[C@@H]1O. The van der Waals surface area contributed by atoms with Crippen LogP contribution in [0, 0.1) is 11.8 Å². The number of hydrogen-bond donors (Lipinski definition) is 3. The van der Waals surface area contributed by atoms with Crippen molar-refractivity contribution in [1.82, 2.24) is 0 Å². The van der Waals surface area contributed by atoms with Crippen molar-refractivity contribution in [2.75, 3.05) is 6.61 Å². The standard InChI is InChI=1S/C10H20O3/c1-10(2,13)8-4-3-7(6-11)5-9(8)12/h7-9,11-13H,3-6H2,1-2H3/t7-,8-,9-/m0/s1. The first-order valence-corrected chi connectivity index (χ1v) is 4.96. The van der Waals surface area contributed by atoms with Crippen molar-refractivity contribution in [3.63, 3.8) is 0 Å². The van der Waals surface area contributed by atoms with Crippen LogP contribution in [0.2, 0.25) is 0 Å².